The van der Waals surface area contributed by atoms with E-state index in [4.69, 9.17) is 11.6 Å². The zero-order valence-corrected chi connectivity index (χ0v) is 12.5. The van der Waals surface area contributed by atoms with E-state index in [1.54, 1.807) is 6.33 Å². The minimum atomic E-state index is 0.160. The summed E-state index contributed by atoms with van der Waals surface area (Å²) in [5, 5.41) is 3.38. The molecule has 0 saturated carbocycles. The largest absolute Gasteiger partial charge is 0.362 e. The first-order valence-electron chi connectivity index (χ1n) is 6.74. The highest BCUT2D eigenvalue weighted by Crippen LogP contribution is 2.19. The Balaban J connectivity index is 1.63. The summed E-state index contributed by atoms with van der Waals surface area (Å²) < 4.78 is 1.99. The third-order valence-corrected chi connectivity index (χ3v) is 3.53. The third kappa shape index (κ3) is 2.25. The van der Waals surface area contributed by atoms with E-state index < -0.39 is 0 Å². The lowest BCUT2D eigenvalue weighted by atomic mass is 10.3. The van der Waals surface area contributed by atoms with Crippen molar-refractivity contribution in [1.29, 1.82) is 0 Å². The molecule has 8 heteroatoms. The van der Waals surface area contributed by atoms with Crippen molar-refractivity contribution in [3.63, 3.8) is 0 Å². The van der Waals surface area contributed by atoms with Crippen LogP contribution in [-0.2, 0) is 6.54 Å². The number of aromatic nitrogens is 6. The molecule has 0 atom stereocenters. The monoisotopic (exact) mass is 313 g/mol. The second-order valence-corrected chi connectivity index (χ2v) is 5.34. The van der Waals surface area contributed by atoms with E-state index in [2.05, 4.69) is 30.2 Å². The SMILES string of the molecule is Cc1ccn2cc(CNc3nc(Cl)nc4nc[nH]c34)nc2c1. The van der Waals surface area contributed by atoms with Crippen molar-refractivity contribution in [2.45, 2.75) is 13.5 Å². The molecule has 110 valence electrons. The number of imidazole rings is 2. The van der Waals surface area contributed by atoms with Gasteiger partial charge in [-0.15, -0.1) is 0 Å². The number of nitrogens with zero attached hydrogens (tertiary/aromatic N) is 5. The van der Waals surface area contributed by atoms with E-state index in [9.17, 15) is 0 Å². The third-order valence-electron chi connectivity index (χ3n) is 3.36. The Bertz CT molecular complexity index is 972. The summed E-state index contributed by atoms with van der Waals surface area (Å²) in [5.74, 6) is 0.612. The van der Waals surface area contributed by atoms with Crippen LogP contribution in [0.4, 0.5) is 5.82 Å². The summed E-state index contributed by atoms with van der Waals surface area (Å²) in [6.45, 7) is 2.58. The Labute approximate surface area is 130 Å². The molecule has 0 radical (unpaired) electrons. The van der Waals surface area contributed by atoms with E-state index in [0.29, 0.717) is 18.0 Å². The van der Waals surface area contributed by atoms with Gasteiger partial charge in [-0.05, 0) is 36.2 Å². The molecule has 4 rings (SSSR count). The number of hydrogen-bond acceptors (Lipinski definition) is 5. The fraction of sp³-hybridized carbons (Fsp3) is 0.143. The van der Waals surface area contributed by atoms with Crippen molar-refractivity contribution in [3.8, 4) is 0 Å². The van der Waals surface area contributed by atoms with Gasteiger partial charge >= 0.3 is 0 Å². The van der Waals surface area contributed by atoms with E-state index in [1.165, 1.54) is 5.56 Å². The zero-order valence-electron chi connectivity index (χ0n) is 11.7. The van der Waals surface area contributed by atoms with Crippen molar-refractivity contribution >= 4 is 34.2 Å². The fourth-order valence-electron chi connectivity index (χ4n) is 2.33. The van der Waals surface area contributed by atoms with Crippen LogP contribution in [0.1, 0.15) is 11.3 Å². The maximum absolute atomic E-state index is 5.91. The van der Waals surface area contributed by atoms with Crippen LogP contribution >= 0.6 is 11.6 Å². The second kappa shape index (κ2) is 4.96. The molecule has 0 saturated heterocycles. The van der Waals surface area contributed by atoms with Gasteiger partial charge < -0.3 is 14.7 Å². The van der Waals surface area contributed by atoms with Gasteiger partial charge in [-0.25, -0.2) is 9.97 Å². The van der Waals surface area contributed by atoms with Crippen molar-refractivity contribution in [2.75, 3.05) is 5.32 Å². The van der Waals surface area contributed by atoms with Crippen molar-refractivity contribution in [3.05, 3.63) is 47.4 Å². The van der Waals surface area contributed by atoms with Crippen LogP contribution in [0.15, 0.2) is 30.9 Å². The number of anilines is 1. The standard InChI is InChI=1S/C14H12ClN7/c1-8-2-3-22-6-9(19-10(22)4-8)5-16-12-11-13(18-7-17-11)21-14(15)20-12/h2-4,6-7H,5H2,1H3,(H2,16,17,18,20,21). The Hall–Kier alpha value is -2.67. The Morgan fingerprint density at radius 1 is 1.32 bits per heavy atom. The molecule has 0 spiro atoms. The number of rotatable bonds is 3. The van der Waals surface area contributed by atoms with Crippen LogP contribution in [0, 0.1) is 6.92 Å². The fourth-order valence-corrected chi connectivity index (χ4v) is 2.49. The first kappa shape index (κ1) is 13.0. The number of halogens is 1. The summed E-state index contributed by atoms with van der Waals surface area (Å²) in [6, 6.07) is 4.09. The molecule has 4 aromatic rings. The molecular weight excluding hydrogens is 302 g/mol. The molecule has 0 unspecified atom stereocenters. The quantitative estimate of drug-likeness (QED) is 0.568. The molecule has 0 aliphatic heterocycles. The van der Waals surface area contributed by atoms with Crippen LogP contribution in [0.25, 0.3) is 16.8 Å². The number of hydrogen-bond donors (Lipinski definition) is 2. The van der Waals surface area contributed by atoms with Gasteiger partial charge in [-0.1, -0.05) is 0 Å². The Morgan fingerprint density at radius 2 is 2.23 bits per heavy atom. The summed E-state index contributed by atoms with van der Waals surface area (Å²) in [5.41, 5.74) is 4.27. The topological polar surface area (TPSA) is 83.8 Å². The number of fused-ring (bicyclic) bond motifs is 2. The number of aromatic amines is 1. The van der Waals surface area contributed by atoms with Crippen LogP contribution < -0.4 is 5.32 Å². The second-order valence-electron chi connectivity index (χ2n) is 5.00. The summed E-state index contributed by atoms with van der Waals surface area (Å²) in [6.07, 6.45) is 5.54. The predicted molar refractivity (Wildman–Crippen MR) is 83.9 cm³/mol. The minimum absolute atomic E-state index is 0.160. The lowest BCUT2D eigenvalue weighted by molar-refractivity contribution is 1.05. The highest BCUT2D eigenvalue weighted by molar-refractivity contribution is 6.28. The molecule has 0 amide bonds. The van der Waals surface area contributed by atoms with Crippen LogP contribution in [-0.4, -0.2) is 29.3 Å². The lowest BCUT2D eigenvalue weighted by Crippen LogP contribution is -2.03. The Morgan fingerprint density at radius 3 is 3.14 bits per heavy atom. The van der Waals surface area contributed by atoms with E-state index >= 15 is 0 Å². The van der Waals surface area contributed by atoms with Gasteiger partial charge in [0.1, 0.15) is 11.2 Å². The van der Waals surface area contributed by atoms with Crippen molar-refractivity contribution in [1.82, 2.24) is 29.3 Å². The molecule has 22 heavy (non-hydrogen) atoms. The Kier molecular flexibility index (Phi) is 2.93. The lowest BCUT2D eigenvalue weighted by Gasteiger charge is -2.04. The molecule has 0 aliphatic carbocycles. The summed E-state index contributed by atoms with van der Waals surface area (Å²) >= 11 is 5.91. The molecule has 4 aromatic heterocycles. The normalized spacial score (nSPS) is 11.4. The highest BCUT2D eigenvalue weighted by Gasteiger charge is 2.09. The molecule has 7 nitrogen and oxygen atoms in total. The smallest absolute Gasteiger partial charge is 0.226 e. The van der Waals surface area contributed by atoms with Gasteiger partial charge in [0.25, 0.3) is 0 Å². The molecule has 0 aromatic carbocycles. The maximum Gasteiger partial charge on any atom is 0.226 e. The number of pyridine rings is 1. The van der Waals surface area contributed by atoms with Gasteiger partial charge in [0.15, 0.2) is 11.5 Å². The molecule has 0 bridgehead atoms. The summed E-state index contributed by atoms with van der Waals surface area (Å²) in [4.78, 5) is 19.9. The van der Waals surface area contributed by atoms with Gasteiger partial charge in [0, 0.05) is 12.4 Å². The molecule has 0 aliphatic rings. The van der Waals surface area contributed by atoms with Gasteiger partial charge in [0.2, 0.25) is 5.28 Å². The van der Waals surface area contributed by atoms with Gasteiger partial charge in [0.05, 0.1) is 18.6 Å². The van der Waals surface area contributed by atoms with E-state index in [-0.39, 0.29) is 5.28 Å². The minimum Gasteiger partial charge on any atom is -0.362 e. The van der Waals surface area contributed by atoms with Crippen LogP contribution in [0.3, 0.4) is 0 Å². The van der Waals surface area contributed by atoms with Crippen molar-refractivity contribution < 1.29 is 0 Å². The maximum atomic E-state index is 5.91. The number of H-pyrrole nitrogens is 1. The van der Waals surface area contributed by atoms with E-state index in [1.807, 2.05) is 35.9 Å². The number of nitrogens with one attached hydrogen (secondary N) is 2. The predicted octanol–water partition coefficient (Wildman–Crippen LogP) is 2.57. The van der Waals surface area contributed by atoms with Gasteiger partial charge in [-0.2, -0.15) is 9.97 Å². The van der Waals surface area contributed by atoms with Crippen LogP contribution in [0.5, 0.6) is 0 Å². The first-order chi connectivity index (χ1) is 10.7. The zero-order chi connectivity index (χ0) is 15.1. The average molecular weight is 314 g/mol. The van der Waals surface area contributed by atoms with Crippen LogP contribution in [0.2, 0.25) is 5.28 Å². The van der Waals surface area contributed by atoms with E-state index in [0.717, 1.165) is 16.9 Å². The van der Waals surface area contributed by atoms with Gasteiger partial charge in [-0.3, -0.25) is 0 Å². The molecule has 2 N–H and O–H groups in total. The van der Waals surface area contributed by atoms with Crippen molar-refractivity contribution in [2.24, 2.45) is 0 Å². The average Bonchev–Trinajstić information content (AvgIpc) is 3.10. The molecular formula is C14H12ClN7. The molecule has 4 heterocycles. The highest BCUT2D eigenvalue weighted by atomic mass is 35.5. The number of aryl methyl sites for hydroxylation is 1. The molecule has 0 fully saturated rings. The first-order valence-corrected chi connectivity index (χ1v) is 7.11. The summed E-state index contributed by atoms with van der Waals surface area (Å²) in [7, 11) is 0.